The summed E-state index contributed by atoms with van der Waals surface area (Å²) in [5, 5.41) is 6.71. The van der Waals surface area contributed by atoms with E-state index in [1.54, 1.807) is 6.07 Å². The molecule has 2 aromatic rings. The van der Waals surface area contributed by atoms with Crippen LogP contribution < -0.4 is 15.5 Å². The van der Waals surface area contributed by atoms with Crippen molar-refractivity contribution in [3.8, 4) is 0 Å². The number of carbonyl (C=O) groups is 2. The fourth-order valence-corrected chi connectivity index (χ4v) is 3.88. The van der Waals surface area contributed by atoms with Crippen molar-refractivity contribution in [2.45, 2.75) is 38.8 Å². The highest BCUT2D eigenvalue weighted by Crippen LogP contribution is 2.09. The number of aryl methyl sites for hydroxylation is 1. The maximum Gasteiger partial charge on any atom is 0.251 e. The number of hydrogen-bond acceptors (Lipinski definition) is 2. The van der Waals surface area contributed by atoms with Crippen LogP contribution in [-0.2, 0) is 11.3 Å². The van der Waals surface area contributed by atoms with Crippen LogP contribution in [0.1, 0.15) is 40.7 Å². The van der Waals surface area contributed by atoms with Gasteiger partial charge in [-0.15, -0.1) is 0 Å². The van der Waals surface area contributed by atoms with E-state index in [-0.39, 0.29) is 17.9 Å². The molecule has 3 rings (SSSR count). The first-order valence-corrected chi connectivity index (χ1v) is 10.6. The lowest BCUT2D eigenvalue weighted by molar-refractivity contribution is -0.918. The first-order valence-electron chi connectivity index (χ1n) is 10.2. The SMILES string of the molecule is Cc1ccccc1C(=O)NCCC(=O)NC1CC[NH+](Cc2ccc(Cl)cc2)CC1. The number of quaternary nitrogens is 1. The second kappa shape index (κ2) is 10.4. The van der Waals surface area contributed by atoms with Gasteiger partial charge in [0.25, 0.3) is 5.91 Å². The Morgan fingerprint density at radius 3 is 2.45 bits per heavy atom. The predicted octanol–water partition coefficient (Wildman–Crippen LogP) is 2.13. The van der Waals surface area contributed by atoms with Crippen LogP contribution in [-0.4, -0.2) is 37.5 Å². The molecule has 6 heteroatoms. The molecule has 3 N–H and O–H groups in total. The normalized spacial score (nSPS) is 18.8. The molecule has 0 aromatic heterocycles. The molecule has 2 amide bonds. The molecular formula is C23H29ClN3O2+. The van der Waals surface area contributed by atoms with Crippen molar-refractivity contribution in [3.05, 3.63) is 70.2 Å². The van der Waals surface area contributed by atoms with Gasteiger partial charge < -0.3 is 15.5 Å². The van der Waals surface area contributed by atoms with E-state index >= 15 is 0 Å². The van der Waals surface area contributed by atoms with Crippen molar-refractivity contribution < 1.29 is 14.5 Å². The van der Waals surface area contributed by atoms with Gasteiger partial charge in [0.2, 0.25) is 5.91 Å². The third kappa shape index (κ3) is 6.58. The molecule has 0 unspecified atom stereocenters. The highest BCUT2D eigenvalue weighted by atomic mass is 35.5. The fourth-order valence-electron chi connectivity index (χ4n) is 3.75. The molecule has 0 atom stereocenters. The summed E-state index contributed by atoms with van der Waals surface area (Å²) in [6.07, 6.45) is 2.25. The lowest BCUT2D eigenvalue weighted by atomic mass is 10.0. The van der Waals surface area contributed by atoms with Gasteiger partial charge in [0, 0.05) is 48.0 Å². The molecule has 0 bridgehead atoms. The Kier molecular flexibility index (Phi) is 7.67. The Labute approximate surface area is 177 Å². The lowest BCUT2D eigenvalue weighted by Crippen LogP contribution is -3.12. The van der Waals surface area contributed by atoms with Crippen LogP contribution >= 0.6 is 11.6 Å². The van der Waals surface area contributed by atoms with E-state index in [0.29, 0.717) is 18.5 Å². The van der Waals surface area contributed by atoms with Crippen LogP contribution in [0.4, 0.5) is 0 Å². The van der Waals surface area contributed by atoms with Crippen LogP contribution in [0.25, 0.3) is 0 Å². The van der Waals surface area contributed by atoms with E-state index in [1.807, 2.05) is 37.3 Å². The molecule has 1 aliphatic heterocycles. The van der Waals surface area contributed by atoms with Gasteiger partial charge in [-0.05, 0) is 30.7 Å². The number of benzene rings is 2. The molecule has 0 saturated carbocycles. The van der Waals surface area contributed by atoms with Gasteiger partial charge in [-0.2, -0.15) is 0 Å². The summed E-state index contributed by atoms with van der Waals surface area (Å²) in [6, 6.07) is 15.7. The molecule has 1 fully saturated rings. The number of carbonyl (C=O) groups excluding carboxylic acids is 2. The molecule has 154 valence electrons. The molecule has 5 nitrogen and oxygen atoms in total. The molecule has 1 aliphatic rings. The molecule has 1 saturated heterocycles. The van der Waals surface area contributed by atoms with Gasteiger partial charge in [0.05, 0.1) is 13.1 Å². The Bertz CT molecular complexity index is 830. The quantitative estimate of drug-likeness (QED) is 0.650. The lowest BCUT2D eigenvalue weighted by Gasteiger charge is -2.29. The largest absolute Gasteiger partial charge is 0.353 e. The monoisotopic (exact) mass is 414 g/mol. The third-order valence-corrected chi connectivity index (χ3v) is 5.70. The van der Waals surface area contributed by atoms with E-state index in [2.05, 4.69) is 22.8 Å². The van der Waals surface area contributed by atoms with Crippen LogP contribution in [0.15, 0.2) is 48.5 Å². The minimum atomic E-state index is -0.130. The summed E-state index contributed by atoms with van der Waals surface area (Å²) in [6.45, 7) is 5.32. The van der Waals surface area contributed by atoms with E-state index < -0.39 is 0 Å². The van der Waals surface area contributed by atoms with Gasteiger partial charge in [0.1, 0.15) is 6.54 Å². The third-order valence-electron chi connectivity index (χ3n) is 5.45. The summed E-state index contributed by atoms with van der Waals surface area (Å²) in [7, 11) is 0. The van der Waals surface area contributed by atoms with Crippen molar-refractivity contribution >= 4 is 23.4 Å². The van der Waals surface area contributed by atoms with E-state index in [0.717, 1.165) is 43.1 Å². The zero-order valence-electron chi connectivity index (χ0n) is 16.8. The van der Waals surface area contributed by atoms with E-state index in [4.69, 9.17) is 11.6 Å². The number of piperidine rings is 1. The van der Waals surface area contributed by atoms with Gasteiger partial charge in [0.15, 0.2) is 0 Å². The summed E-state index contributed by atoms with van der Waals surface area (Å²) in [5.41, 5.74) is 2.88. The van der Waals surface area contributed by atoms with Gasteiger partial charge in [-0.3, -0.25) is 9.59 Å². The van der Waals surface area contributed by atoms with Gasteiger partial charge in [-0.1, -0.05) is 41.9 Å². The van der Waals surface area contributed by atoms with Crippen LogP contribution in [0.3, 0.4) is 0 Å². The summed E-state index contributed by atoms with van der Waals surface area (Å²) >= 11 is 5.94. The summed E-state index contributed by atoms with van der Waals surface area (Å²) in [5.74, 6) is -0.128. The highest BCUT2D eigenvalue weighted by molar-refractivity contribution is 6.30. The Hall–Kier alpha value is -2.37. The minimum Gasteiger partial charge on any atom is -0.353 e. The van der Waals surface area contributed by atoms with Crippen LogP contribution in [0.5, 0.6) is 0 Å². The Balaban J connectivity index is 1.34. The van der Waals surface area contributed by atoms with E-state index in [1.165, 1.54) is 10.5 Å². The topological polar surface area (TPSA) is 62.6 Å². The number of nitrogens with one attached hydrogen (secondary N) is 3. The van der Waals surface area contributed by atoms with Crippen molar-refractivity contribution in [1.29, 1.82) is 0 Å². The average molecular weight is 415 g/mol. The fraction of sp³-hybridized carbons (Fsp3) is 0.391. The van der Waals surface area contributed by atoms with Gasteiger partial charge >= 0.3 is 0 Å². The maximum atomic E-state index is 12.2. The molecule has 0 radical (unpaired) electrons. The number of amides is 2. The molecular weight excluding hydrogens is 386 g/mol. The standard InChI is InChI=1S/C23H28ClN3O2/c1-17-4-2-3-5-21(17)23(29)25-13-10-22(28)26-20-11-14-27(15-12-20)16-18-6-8-19(24)9-7-18/h2-9,20H,10-16H2,1H3,(H,25,29)(H,26,28)/p+1. The van der Waals surface area contributed by atoms with Crippen molar-refractivity contribution in [3.63, 3.8) is 0 Å². The summed E-state index contributed by atoms with van der Waals surface area (Å²) in [4.78, 5) is 25.9. The average Bonchev–Trinajstić information content (AvgIpc) is 2.71. The number of halogens is 1. The van der Waals surface area contributed by atoms with E-state index in [9.17, 15) is 9.59 Å². The zero-order chi connectivity index (χ0) is 20.6. The summed E-state index contributed by atoms with van der Waals surface area (Å²) < 4.78 is 0. The van der Waals surface area contributed by atoms with Crippen LogP contribution in [0, 0.1) is 6.92 Å². The second-order valence-corrected chi connectivity index (χ2v) is 8.15. The van der Waals surface area contributed by atoms with Crippen LogP contribution in [0.2, 0.25) is 5.02 Å². The molecule has 2 aromatic carbocycles. The number of rotatable bonds is 7. The van der Waals surface area contributed by atoms with Crippen molar-refractivity contribution in [2.24, 2.45) is 0 Å². The Morgan fingerprint density at radius 2 is 1.76 bits per heavy atom. The first kappa shape index (κ1) is 21.3. The first-order chi connectivity index (χ1) is 14.0. The molecule has 29 heavy (non-hydrogen) atoms. The highest BCUT2D eigenvalue weighted by Gasteiger charge is 2.23. The second-order valence-electron chi connectivity index (χ2n) is 7.72. The molecule has 0 spiro atoms. The smallest absolute Gasteiger partial charge is 0.251 e. The van der Waals surface area contributed by atoms with Gasteiger partial charge in [-0.25, -0.2) is 0 Å². The molecule has 1 heterocycles. The molecule has 0 aliphatic carbocycles. The number of hydrogen-bond donors (Lipinski definition) is 3. The minimum absolute atomic E-state index is 0.00114. The zero-order valence-corrected chi connectivity index (χ0v) is 17.6. The Morgan fingerprint density at radius 1 is 1.07 bits per heavy atom. The predicted molar refractivity (Wildman–Crippen MR) is 115 cm³/mol. The van der Waals surface area contributed by atoms with Crippen molar-refractivity contribution in [2.75, 3.05) is 19.6 Å². The number of likely N-dealkylation sites (tertiary alicyclic amines) is 1. The maximum absolute atomic E-state index is 12.2. The van der Waals surface area contributed by atoms with Crippen molar-refractivity contribution in [1.82, 2.24) is 10.6 Å².